The first-order valence-corrected chi connectivity index (χ1v) is 6.61. The number of hydrogen-bond acceptors (Lipinski definition) is 5. The first-order chi connectivity index (χ1) is 7.80. The molecule has 1 atom stereocenters. The second kappa shape index (κ2) is 5.01. The molecule has 1 aliphatic carbocycles. The van der Waals surface area contributed by atoms with Gasteiger partial charge in [0.15, 0.2) is 5.25 Å². The van der Waals surface area contributed by atoms with Crippen LogP contribution in [0.5, 0.6) is 0 Å². The molecule has 1 unspecified atom stereocenters. The van der Waals surface area contributed by atoms with Crippen molar-refractivity contribution >= 4 is 22.0 Å². The molecule has 0 amide bonds. The van der Waals surface area contributed by atoms with Gasteiger partial charge in [0.2, 0.25) is 10.0 Å². The summed E-state index contributed by atoms with van der Waals surface area (Å²) in [6, 6.07) is -0.303. The lowest BCUT2D eigenvalue weighted by Gasteiger charge is -2.22. The first kappa shape index (κ1) is 13.9. The minimum absolute atomic E-state index is 0.303. The highest BCUT2D eigenvalue weighted by Gasteiger charge is 2.43. The van der Waals surface area contributed by atoms with Crippen molar-refractivity contribution in [1.29, 1.82) is 0 Å². The molecular formula is C9H15NO6S. The average Bonchev–Trinajstić information content (AvgIpc) is 3.06. The van der Waals surface area contributed by atoms with Gasteiger partial charge in [-0.1, -0.05) is 0 Å². The molecule has 1 N–H and O–H groups in total. The van der Waals surface area contributed by atoms with Gasteiger partial charge in [0, 0.05) is 6.04 Å². The second-order valence-corrected chi connectivity index (χ2v) is 6.09. The third-order valence-electron chi connectivity index (χ3n) is 2.55. The van der Waals surface area contributed by atoms with Crippen LogP contribution in [0.4, 0.5) is 0 Å². The van der Waals surface area contributed by atoms with E-state index in [9.17, 15) is 18.0 Å². The predicted molar refractivity (Wildman–Crippen MR) is 57.8 cm³/mol. The summed E-state index contributed by atoms with van der Waals surface area (Å²) < 4.78 is 29.3. The van der Waals surface area contributed by atoms with Gasteiger partial charge in [-0.2, -0.15) is 4.31 Å². The van der Waals surface area contributed by atoms with Crippen molar-refractivity contribution < 1.29 is 27.9 Å². The van der Waals surface area contributed by atoms with Crippen molar-refractivity contribution in [2.75, 3.05) is 13.7 Å². The van der Waals surface area contributed by atoms with E-state index in [0.717, 1.165) is 11.4 Å². The number of esters is 1. The Morgan fingerprint density at radius 2 is 2.00 bits per heavy atom. The van der Waals surface area contributed by atoms with Gasteiger partial charge >= 0.3 is 11.9 Å². The number of carboxylic acid groups (broad SMARTS) is 1. The number of nitrogens with zero attached hydrogens (tertiary/aromatic N) is 1. The Bertz CT molecular complexity index is 413. The lowest BCUT2D eigenvalue weighted by Crippen LogP contribution is -2.45. The molecule has 8 heteroatoms. The van der Waals surface area contributed by atoms with E-state index >= 15 is 0 Å². The van der Waals surface area contributed by atoms with Crippen molar-refractivity contribution in [1.82, 2.24) is 4.31 Å². The number of ether oxygens (including phenoxy) is 1. The van der Waals surface area contributed by atoms with Crippen molar-refractivity contribution in [3.8, 4) is 0 Å². The van der Waals surface area contributed by atoms with Gasteiger partial charge < -0.3 is 9.84 Å². The summed E-state index contributed by atoms with van der Waals surface area (Å²) >= 11 is 0. The van der Waals surface area contributed by atoms with Crippen molar-refractivity contribution in [3.63, 3.8) is 0 Å². The standard InChI is InChI=1S/C9H15NO6S/c1-6(9(13)16-2)17(14,15)10(5-8(11)12)7-3-4-7/h6-7H,3-5H2,1-2H3,(H,11,12). The third kappa shape index (κ3) is 3.16. The van der Waals surface area contributed by atoms with Crippen LogP contribution in [-0.2, 0) is 24.3 Å². The second-order valence-electron chi connectivity index (χ2n) is 3.88. The van der Waals surface area contributed by atoms with Gasteiger partial charge in [0.05, 0.1) is 7.11 Å². The van der Waals surface area contributed by atoms with E-state index in [1.54, 1.807) is 0 Å². The van der Waals surface area contributed by atoms with Crippen LogP contribution in [0.1, 0.15) is 19.8 Å². The number of rotatable bonds is 6. The summed E-state index contributed by atoms with van der Waals surface area (Å²) in [5.41, 5.74) is 0. The van der Waals surface area contributed by atoms with Crippen molar-refractivity contribution in [3.05, 3.63) is 0 Å². The molecule has 1 fully saturated rings. The van der Waals surface area contributed by atoms with Crippen LogP contribution < -0.4 is 0 Å². The Morgan fingerprint density at radius 3 is 2.35 bits per heavy atom. The maximum Gasteiger partial charge on any atom is 0.325 e. The Kier molecular flexibility index (Phi) is 4.10. The number of carboxylic acids is 1. The van der Waals surface area contributed by atoms with Crippen LogP contribution in [-0.4, -0.2) is 54.7 Å². The molecule has 0 bridgehead atoms. The topological polar surface area (TPSA) is 101 Å². The molecule has 0 aromatic rings. The molecule has 0 heterocycles. The quantitative estimate of drug-likeness (QED) is 0.645. The van der Waals surface area contributed by atoms with Crippen LogP contribution in [0.2, 0.25) is 0 Å². The average molecular weight is 265 g/mol. The maximum atomic E-state index is 12.0. The van der Waals surface area contributed by atoms with E-state index in [1.165, 1.54) is 6.92 Å². The van der Waals surface area contributed by atoms with E-state index < -0.39 is 33.8 Å². The molecule has 0 radical (unpaired) electrons. The summed E-state index contributed by atoms with van der Waals surface area (Å²) in [6.45, 7) is 0.576. The monoisotopic (exact) mass is 265 g/mol. The highest BCUT2D eigenvalue weighted by Crippen LogP contribution is 2.30. The van der Waals surface area contributed by atoms with Crippen molar-refractivity contribution in [2.45, 2.75) is 31.1 Å². The molecule has 0 spiro atoms. The Morgan fingerprint density at radius 1 is 1.47 bits per heavy atom. The highest BCUT2D eigenvalue weighted by molar-refractivity contribution is 7.90. The zero-order valence-electron chi connectivity index (χ0n) is 9.62. The summed E-state index contributed by atoms with van der Waals surface area (Å²) in [4.78, 5) is 21.8. The van der Waals surface area contributed by atoms with Gasteiger partial charge in [-0.05, 0) is 19.8 Å². The summed E-state index contributed by atoms with van der Waals surface area (Å²) in [5.74, 6) is -2.13. The molecule has 0 aliphatic heterocycles. The fourth-order valence-corrected chi connectivity index (χ4v) is 3.08. The Labute approximate surface area is 99.4 Å². The number of sulfonamides is 1. The van der Waals surface area contributed by atoms with Crippen molar-refractivity contribution in [2.24, 2.45) is 0 Å². The van der Waals surface area contributed by atoms with Gasteiger partial charge in [0.1, 0.15) is 6.54 Å². The van der Waals surface area contributed by atoms with Gasteiger partial charge in [0.25, 0.3) is 0 Å². The normalized spacial score (nSPS) is 17.8. The van der Waals surface area contributed by atoms with E-state index in [-0.39, 0.29) is 6.04 Å². The van der Waals surface area contributed by atoms with E-state index in [4.69, 9.17) is 5.11 Å². The molecule has 0 aromatic carbocycles. The SMILES string of the molecule is COC(=O)C(C)S(=O)(=O)N(CC(=O)O)C1CC1. The minimum Gasteiger partial charge on any atom is -0.480 e. The molecule has 1 saturated carbocycles. The lowest BCUT2D eigenvalue weighted by molar-refractivity contribution is -0.140. The molecule has 1 rings (SSSR count). The molecule has 7 nitrogen and oxygen atoms in total. The minimum atomic E-state index is -3.97. The smallest absolute Gasteiger partial charge is 0.325 e. The lowest BCUT2D eigenvalue weighted by atomic mass is 10.5. The number of carbonyl (C=O) groups is 2. The van der Waals surface area contributed by atoms with Crippen LogP contribution in [0, 0.1) is 0 Å². The predicted octanol–water partition coefficient (Wildman–Crippen LogP) is -0.573. The molecular weight excluding hydrogens is 250 g/mol. The van der Waals surface area contributed by atoms with E-state index in [2.05, 4.69) is 4.74 Å². The maximum absolute atomic E-state index is 12.0. The zero-order valence-corrected chi connectivity index (χ0v) is 10.4. The molecule has 1 aliphatic rings. The fraction of sp³-hybridized carbons (Fsp3) is 0.778. The van der Waals surface area contributed by atoms with Gasteiger partial charge in [-0.25, -0.2) is 8.42 Å². The highest BCUT2D eigenvalue weighted by atomic mass is 32.2. The molecule has 0 aromatic heterocycles. The zero-order chi connectivity index (χ0) is 13.2. The number of carbonyl (C=O) groups excluding carboxylic acids is 1. The number of methoxy groups -OCH3 is 1. The number of hydrogen-bond donors (Lipinski definition) is 1. The van der Waals surface area contributed by atoms with Gasteiger partial charge in [-0.15, -0.1) is 0 Å². The summed E-state index contributed by atoms with van der Waals surface area (Å²) in [5, 5.41) is 7.30. The van der Waals surface area contributed by atoms with E-state index in [1.807, 2.05) is 0 Å². The third-order valence-corrected chi connectivity index (χ3v) is 4.72. The van der Waals surface area contributed by atoms with Crippen LogP contribution in [0.25, 0.3) is 0 Å². The molecule has 0 saturated heterocycles. The summed E-state index contributed by atoms with van der Waals surface area (Å²) in [6.07, 6.45) is 1.25. The van der Waals surface area contributed by atoms with Crippen LogP contribution in [0.15, 0.2) is 0 Å². The fourth-order valence-electron chi connectivity index (χ4n) is 1.41. The Hall–Kier alpha value is -1.15. The largest absolute Gasteiger partial charge is 0.480 e. The van der Waals surface area contributed by atoms with Gasteiger partial charge in [-0.3, -0.25) is 9.59 Å². The molecule has 17 heavy (non-hydrogen) atoms. The van der Waals surface area contributed by atoms with E-state index in [0.29, 0.717) is 12.8 Å². The number of aliphatic carboxylic acids is 1. The first-order valence-electron chi connectivity index (χ1n) is 5.11. The summed E-state index contributed by atoms with van der Waals surface area (Å²) in [7, 11) is -2.88. The Balaban J connectivity index is 2.91. The molecule has 98 valence electrons. The van der Waals surface area contributed by atoms with Crippen LogP contribution >= 0.6 is 0 Å². The van der Waals surface area contributed by atoms with Crippen LogP contribution in [0.3, 0.4) is 0 Å².